The molecule has 27 heavy (non-hydrogen) atoms. The van der Waals surface area contributed by atoms with E-state index in [9.17, 15) is 16.8 Å². The van der Waals surface area contributed by atoms with Gasteiger partial charge in [0.05, 0.1) is 11.2 Å². The summed E-state index contributed by atoms with van der Waals surface area (Å²) >= 11 is 5.85. The molecule has 0 aliphatic carbocycles. The molecule has 148 valence electrons. The average Bonchev–Trinajstić information content (AvgIpc) is 2.53. The van der Waals surface area contributed by atoms with Gasteiger partial charge in [0, 0.05) is 18.1 Å². The van der Waals surface area contributed by atoms with E-state index in [0.717, 1.165) is 6.26 Å². The van der Waals surface area contributed by atoms with E-state index in [0.29, 0.717) is 17.1 Å². The Morgan fingerprint density at radius 3 is 2.22 bits per heavy atom. The van der Waals surface area contributed by atoms with E-state index < -0.39 is 20.1 Å². The van der Waals surface area contributed by atoms with E-state index in [1.54, 1.807) is 12.1 Å². The molecule has 0 radical (unpaired) electrons. The number of halogens is 1. The molecule has 9 heteroatoms. The van der Waals surface area contributed by atoms with Crippen molar-refractivity contribution in [3.05, 3.63) is 59.1 Å². The largest absolute Gasteiger partial charge is 0.383 e. The van der Waals surface area contributed by atoms with Crippen molar-refractivity contribution in [3.8, 4) is 5.75 Å². The summed E-state index contributed by atoms with van der Waals surface area (Å²) in [5.74, 6) is 0.242. The molecule has 0 saturated carbocycles. The molecule has 0 heterocycles. The summed E-state index contributed by atoms with van der Waals surface area (Å²) in [5, 5.41) is 0.454. The molecule has 0 atom stereocenters. The zero-order chi connectivity index (χ0) is 20.2. The number of sulfonamides is 1. The molecule has 0 amide bonds. The van der Waals surface area contributed by atoms with Crippen LogP contribution in [-0.4, -0.2) is 33.9 Å². The molecule has 2 aromatic rings. The number of hydrogen-bond acceptors (Lipinski definition) is 5. The zero-order valence-corrected chi connectivity index (χ0v) is 17.7. The Morgan fingerprint density at radius 2 is 1.67 bits per heavy atom. The Kier molecular flexibility index (Phi) is 6.91. The minimum atomic E-state index is -3.74. The van der Waals surface area contributed by atoms with Crippen LogP contribution in [0.4, 0.5) is 0 Å². The van der Waals surface area contributed by atoms with Crippen LogP contribution >= 0.6 is 11.6 Å². The molecule has 0 saturated heterocycles. The van der Waals surface area contributed by atoms with Crippen LogP contribution in [0.25, 0.3) is 0 Å². The fourth-order valence-electron chi connectivity index (χ4n) is 2.48. The number of hydrogen-bond donors (Lipinski definition) is 0. The highest BCUT2D eigenvalue weighted by Crippen LogP contribution is 2.23. The van der Waals surface area contributed by atoms with Gasteiger partial charge in [-0.3, -0.25) is 0 Å². The number of benzene rings is 2. The van der Waals surface area contributed by atoms with Gasteiger partial charge in [0.15, 0.2) is 0 Å². The summed E-state index contributed by atoms with van der Waals surface area (Å²) in [4.78, 5) is 0.149. The normalized spacial score (nSPS) is 12.5. The van der Waals surface area contributed by atoms with Gasteiger partial charge in [0.25, 0.3) is 0 Å². The maximum atomic E-state index is 13.1. The second kappa shape index (κ2) is 8.60. The first-order valence-corrected chi connectivity index (χ1v) is 11.8. The van der Waals surface area contributed by atoms with Gasteiger partial charge in [0.2, 0.25) is 10.0 Å². The molecule has 6 nitrogen and oxygen atoms in total. The van der Waals surface area contributed by atoms with E-state index in [1.165, 1.54) is 40.7 Å². The lowest BCUT2D eigenvalue weighted by molar-refractivity contribution is 0.361. The van der Waals surface area contributed by atoms with Crippen LogP contribution in [0.15, 0.2) is 53.4 Å². The zero-order valence-electron chi connectivity index (χ0n) is 15.3. The van der Waals surface area contributed by atoms with Crippen molar-refractivity contribution in [1.29, 1.82) is 0 Å². The van der Waals surface area contributed by atoms with Crippen LogP contribution in [0.5, 0.6) is 5.75 Å². The predicted molar refractivity (Wildman–Crippen MR) is 106 cm³/mol. The van der Waals surface area contributed by atoms with Crippen molar-refractivity contribution >= 4 is 31.7 Å². The second-order valence-electron chi connectivity index (χ2n) is 6.58. The molecule has 0 bridgehead atoms. The van der Waals surface area contributed by atoms with Crippen LogP contribution in [0, 0.1) is 5.92 Å². The van der Waals surface area contributed by atoms with Gasteiger partial charge in [0.1, 0.15) is 5.75 Å². The van der Waals surface area contributed by atoms with E-state index >= 15 is 0 Å². The number of nitrogens with zero attached hydrogens (tertiary/aromatic N) is 1. The Labute approximate surface area is 165 Å². The van der Waals surface area contributed by atoms with Crippen molar-refractivity contribution in [3.63, 3.8) is 0 Å². The highest BCUT2D eigenvalue weighted by Gasteiger charge is 2.25. The van der Waals surface area contributed by atoms with Gasteiger partial charge < -0.3 is 4.18 Å². The molecule has 2 aromatic carbocycles. The standard InChI is InChI=1S/C18H22ClNO5S2/c1-14(2)12-20(27(23,24)18-9-7-16(19)8-10-18)13-15-5-4-6-17(11-15)25-26(3,21)22/h4-11,14H,12-13H2,1-3H3. The molecule has 0 N–H and O–H groups in total. The van der Waals surface area contributed by atoms with Crippen LogP contribution in [0.2, 0.25) is 5.02 Å². The second-order valence-corrected chi connectivity index (χ2v) is 10.5. The van der Waals surface area contributed by atoms with Crippen LogP contribution in [0.1, 0.15) is 19.4 Å². The molecule has 0 aromatic heterocycles. The molecule has 0 aliphatic rings. The van der Waals surface area contributed by atoms with Gasteiger partial charge in [-0.2, -0.15) is 12.7 Å². The molecule has 0 fully saturated rings. The highest BCUT2D eigenvalue weighted by molar-refractivity contribution is 7.89. The Morgan fingerprint density at radius 1 is 1.04 bits per heavy atom. The third-order valence-corrected chi connectivity index (χ3v) is 6.10. The fraction of sp³-hybridized carbons (Fsp3) is 0.333. The molecule has 2 rings (SSSR count). The fourth-order valence-corrected chi connectivity index (χ4v) is 4.66. The lowest BCUT2D eigenvalue weighted by Crippen LogP contribution is -2.33. The van der Waals surface area contributed by atoms with E-state index in [1.807, 2.05) is 13.8 Å². The Hall–Kier alpha value is -1.61. The topological polar surface area (TPSA) is 80.8 Å². The average molecular weight is 432 g/mol. The third-order valence-electron chi connectivity index (χ3n) is 3.53. The van der Waals surface area contributed by atoms with E-state index in [2.05, 4.69) is 0 Å². The molecular formula is C18H22ClNO5S2. The van der Waals surface area contributed by atoms with Crippen LogP contribution < -0.4 is 4.18 Å². The Bertz CT molecular complexity index is 987. The molecule has 0 spiro atoms. The summed E-state index contributed by atoms with van der Waals surface area (Å²) in [6.45, 7) is 4.24. The molecule has 0 aliphatic heterocycles. The maximum Gasteiger partial charge on any atom is 0.306 e. The van der Waals surface area contributed by atoms with Crippen molar-refractivity contribution in [2.45, 2.75) is 25.3 Å². The van der Waals surface area contributed by atoms with Crippen molar-refractivity contribution < 1.29 is 21.0 Å². The summed E-state index contributed by atoms with van der Waals surface area (Å²) < 4.78 is 55.0. The van der Waals surface area contributed by atoms with Gasteiger partial charge in [-0.1, -0.05) is 37.6 Å². The van der Waals surface area contributed by atoms with Gasteiger partial charge >= 0.3 is 10.1 Å². The first-order chi connectivity index (χ1) is 12.5. The minimum Gasteiger partial charge on any atom is -0.383 e. The number of rotatable bonds is 8. The Balaban J connectivity index is 2.34. The smallest absolute Gasteiger partial charge is 0.306 e. The summed E-state index contributed by atoms with van der Waals surface area (Å²) in [6.07, 6.45) is 0.954. The van der Waals surface area contributed by atoms with E-state index in [4.69, 9.17) is 15.8 Å². The van der Waals surface area contributed by atoms with Crippen LogP contribution in [-0.2, 0) is 26.7 Å². The summed E-state index contributed by atoms with van der Waals surface area (Å²) in [6, 6.07) is 12.4. The third kappa shape index (κ3) is 6.49. The lowest BCUT2D eigenvalue weighted by Gasteiger charge is -2.24. The molecular weight excluding hydrogens is 410 g/mol. The van der Waals surface area contributed by atoms with E-state index in [-0.39, 0.29) is 23.1 Å². The van der Waals surface area contributed by atoms with Crippen molar-refractivity contribution in [2.24, 2.45) is 5.92 Å². The lowest BCUT2D eigenvalue weighted by atomic mass is 10.2. The minimum absolute atomic E-state index is 0.0874. The quantitative estimate of drug-likeness (QED) is 0.597. The van der Waals surface area contributed by atoms with Gasteiger partial charge in [-0.15, -0.1) is 0 Å². The van der Waals surface area contributed by atoms with Crippen molar-refractivity contribution in [2.75, 3.05) is 12.8 Å². The molecule has 0 unspecified atom stereocenters. The summed E-state index contributed by atoms with van der Waals surface area (Å²) in [5.41, 5.74) is 0.620. The highest BCUT2D eigenvalue weighted by atomic mass is 35.5. The first-order valence-electron chi connectivity index (χ1n) is 8.21. The monoisotopic (exact) mass is 431 g/mol. The van der Waals surface area contributed by atoms with Gasteiger partial charge in [-0.05, 0) is 47.9 Å². The van der Waals surface area contributed by atoms with Crippen LogP contribution in [0.3, 0.4) is 0 Å². The predicted octanol–water partition coefficient (Wildman–Crippen LogP) is 3.53. The summed E-state index contributed by atoms with van der Waals surface area (Å²) in [7, 11) is -7.40. The SMILES string of the molecule is CC(C)CN(Cc1cccc(OS(C)(=O)=O)c1)S(=O)(=O)c1ccc(Cl)cc1. The first kappa shape index (κ1) is 21.7. The van der Waals surface area contributed by atoms with Gasteiger partial charge in [-0.25, -0.2) is 8.42 Å². The maximum absolute atomic E-state index is 13.1. The van der Waals surface area contributed by atoms with Crippen molar-refractivity contribution in [1.82, 2.24) is 4.31 Å².